The van der Waals surface area contributed by atoms with E-state index in [-0.39, 0.29) is 6.54 Å². The fraction of sp³-hybridized carbons (Fsp3) is 1.00. The SMILES string of the molecule is COC(CNS(N)(=O)=O)OC. The Bertz CT molecular complexity index is 186. The van der Waals surface area contributed by atoms with Crippen molar-refractivity contribution in [2.45, 2.75) is 6.29 Å². The van der Waals surface area contributed by atoms with Crippen molar-refractivity contribution in [1.29, 1.82) is 0 Å². The lowest BCUT2D eigenvalue weighted by atomic mass is 10.6. The van der Waals surface area contributed by atoms with E-state index >= 15 is 0 Å². The summed E-state index contributed by atoms with van der Waals surface area (Å²) in [6, 6.07) is 0. The molecule has 0 aliphatic heterocycles. The maximum atomic E-state index is 10.3. The molecule has 68 valence electrons. The molecule has 0 radical (unpaired) electrons. The zero-order valence-corrected chi connectivity index (χ0v) is 7.22. The Morgan fingerprint density at radius 1 is 1.45 bits per heavy atom. The van der Waals surface area contributed by atoms with Gasteiger partial charge < -0.3 is 9.47 Å². The van der Waals surface area contributed by atoms with Crippen molar-refractivity contribution in [3.05, 3.63) is 0 Å². The summed E-state index contributed by atoms with van der Waals surface area (Å²) in [7, 11) is -0.846. The van der Waals surface area contributed by atoms with E-state index in [0.717, 1.165) is 0 Å². The molecule has 6 nitrogen and oxygen atoms in total. The van der Waals surface area contributed by atoms with Crippen LogP contribution in [0, 0.1) is 0 Å². The molecule has 0 heterocycles. The van der Waals surface area contributed by atoms with Crippen molar-refractivity contribution in [3.63, 3.8) is 0 Å². The van der Waals surface area contributed by atoms with Crippen LogP contribution in [0.1, 0.15) is 0 Å². The largest absolute Gasteiger partial charge is 0.355 e. The highest BCUT2D eigenvalue weighted by Gasteiger charge is 2.08. The van der Waals surface area contributed by atoms with Gasteiger partial charge in [-0.05, 0) is 0 Å². The monoisotopic (exact) mass is 184 g/mol. The van der Waals surface area contributed by atoms with Crippen LogP contribution in [0.5, 0.6) is 0 Å². The van der Waals surface area contributed by atoms with Crippen molar-refractivity contribution in [3.8, 4) is 0 Å². The summed E-state index contributed by atoms with van der Waals surface area (Å²) < 4.78 is 32.1. The van der Waals surface area contributed by atoms with Crippen molar-refractivity contribution >= 4 is 10.2 Å². The van der Waals surface area contributed by atoms with Gasteiger partial charge in [-0.2, -0.15) is 13.1 Å². The van der Waals surface area contributed by atoms with Crippen molar-refractivity contribution in [2.75, 3.05) is 20.8 Å². The molecule has 0 amide bonds. The van der Waals surface area contributed by atoms with Crippen LogP contribution in [0.4, 0.5) is 0 Å². The van der Waals surface area contributed by atoms with Crippen LogP contribution in [0.15, 0.2) is 0 Å². The normalized spacial score (nSPS) is 12.4. The van der Waals surface area contributed by atoms with Crippen LogP contribution in [-0.4, -0.2) is 35.5 Å². The summed E-state index contributed by atoms with van der Waals surface area (Å²) in [6.45, 7) is 0.00579. The molecule has 0 aromatic carbocycles. The second-order valence-corrected chi connectivity index (χ2v) is 3.17. The molecule has 0 saturated heterocycles. The van der Waals surface area contributed by atoms with Crippen LogP contribution in [0.25, 0.3) is 0 Å². The predicted octanol–water partition coefficient (Wildman–Crippen LogP) is -1.60. The molecule has 3 N–H and O–H groups in total. The molecular weight excluding hydrogens is 172 g/mol. The molecule has 0 spiro atoms. The number of rotatable bonds is 5. The van der Waals surface area contributed by atoms with E-state index in [1.54, 1.807) is 0 Å². The Morgan fingerprint density at radius 3 is 2.18 bits per heavy atom. The minimum absolute atomic E-state index is 0.00579. The lowest BCUT2D eigenvalue weighted by molar-refractivity contribution is -0.0960. The van der Waals surface area contributed by atoms with Gasteiger partial charge in [0, 0.05) is 14.2 Å². The third-order valence-electron chi connectivity index (χ3n) is 0.977. The standard InChI is InChI=1S/C4H12N2O4S/c1-9-4(10-2)3-6-11(5,7)8/h4,6H,3H2,1-2H3,(H2,5,7,8). The van der Waals surface area contributed by atoms with E-state index in [1.165, 1.54) is 14.2 Å². The molecule has 0 fully saturated rings. The van der Waals surface area contributed by atoms with Crippen LogP contribution in [0.3, 0.4) is 0 Å². The minimum Gasteiger partial charge on any atom is -0.355 e. The molecule has 0 rings (SSSR count). The average molecular weight is 184 g/mol. The second kappa shape index (κ2) is 4.62. The van der Waals surface area contributed by atoms with Gasteiger partial charge in [0.25, 0.3) is 10.2 Å². The molecular formula is C4H12N2O4S. The molecule has 0 aliphatic carbocycles. The molecule has 11 heavy (non-hydrogen) atoms. The Kier molecular flexibility index (Phi) is 4.54. The molecule has 0 aromatic heterocycles. The number of ether oxygens (including phenoxy) is 2. The number of hydrogen-bond acceptors (Lipinski definition) is 4. The number of methoxy groups -OCH3 is 2. The van der Waals surface area contributed by atoms with Gasteiger partial charge in [0.2, 0.25) is 0 Å². The van der Waals surface area contributed by atoms with Crippen molar-refractivity contribution in [1.82, 2.24) is 4.72 Å². The fourth-order valence-electron chi connectivity index (χ4n) is 0.447. The molecule has 0 unspecified atom stereocenters. The topological polar surface area (TPSA) is 90.6 Å². The lowest BCUT2D eigenvalue weighted by Crippen LogP contribution is -2.38. The summed E-state index contributed by atoms with van der Waals surface area (Å²) in [5.41, 5.74) is 0. The van der Waals surface area contributed by atoms with E-state index in [2.05, 4.69) is 5.14 Å². The van der Waals surface area contributed by atoms with E-state index in [0.29, 0.717) is 0 Å². The fourth-order valence-corrected chi connectivity index (χ4v) is 0.815. The van der Waals surface area contributed by atoms with Gasteiger partial charge in [0.15, 0.2) is 6.29 Å². The summed E-state index contributed by atoms with van der Waals surface area (Å²) in [6.07, 6.45) is -0.603. The highest BCUT2D eigenvalue weighted by Crippen LogP contribution is 1.87. The van der Waals surface area contributed by atoms with E-state index in [1.807, 2.05) is 4.72 Å². The molecule has 0 bridgehead atoms. The van der Waals surface area contributed by atoms with Crippen molar-refractivity contribution < 1.29 is 17.9 Å². The quantitative estimate of drug-likeness (QED) is 0.503. The lowest BCUT2D eigenvalue weighted by Gasteiger charge is -2.12. The van der Waals surface area contributed by atoms with E-state index in [4.69, 9.17) is 9.47 Å². The minimum atomic E-state index is -3.65. The summed E-state index contributed by atoms with van der Waals surface area (Å²) in [4.78, 5) is 0. The summed E-state index contributed by atoms with van der Waals surface area (Å²) in [5, 5.41) is 4.64. The van der Waals surface area contributed by atoms with Gasteiger partial charge in [0.05, 0.1) is 6.54 Å². The average Bonchev–Trinajstić information content (AvgIpc) is 1.88. The Balaban J connectivity index is 3.69. The van der Waals surface area contributed by atoms with Gasteiger partial charge in [-0.3, -0.25) is 0 Å². The Labute approximate surface area is 65.8 Å². The molecule has 7 heteroatoms. The first-order chi connectivity index (χ1) is 4.99. The third-order valence-corrected chi connectivity index (χ3v) is 1.55. The summed E-state index contributed by atoms with van der Waals surface area (Å²) in [5.74, 6) is 0. The highest BCUT2D eigenvalue weighted by atomic mass is 32.2. The third kappa shape index (κ3) is 6.20. The van der Waals surface area contributed by atoms with Crippen LogP contribution in [0.2, 0.25) is 0 Å². The Morgan fingerprint density at radius 2 is 1.91 bits per heavy atom. The first-order valence-corrected chi connectivity index (χ1v) is 4.37. The van der Waals surface area contributed by atoms with Gasteiger partial charge >= 0.3 is 0 Å². The highest BCUT2D eigenvalue weighted by molar-refractivity contribution is 7.87. The number of hydrogen-bond donors (Lipinski definition) is 2. The van der Waals surface area contributed by atoms with Gasteiger partial charge in [0.1, 0.15) is 0 Å². The molecule has 0 atom stereocenters. The number of nitrogens with two attached hydrogens (primary N) is 1. The van der Waals surface area contributed by atoms with Gasteiger partial charge in [-0.15, -0.1) is 0 Å². The zero-order chi connectivity index (χ0) is 8.91. The van der Waals surface area contributed by atoms with Crippen LogP contribution >= 0.6 is 0 Å². The summed E-state index contributed by atoms with van der Waals surface area (Å²) >= 11 is 0. The second-order valence-electron chi connectivity index (χ2n) is 1.79. The maximum absolute atomic E-state index is 10.3. The Hall–Kier alpha value is -0.210. The van der Waals surface area contributed by atoms with Gasteiger partial charge in [-0.25, -0.2) is 5.14 Å². The zero-order valence-electron chi connectivity index (χ0n) is 6.40. The smallest absolute Gasteiger partial charge is 0.274 e. The van der Waals surface area contributed by atoms with E-state index in [9.17, 15) is 8.42 Å². The maximum Gasteiger partial charge on any atom is 0.274 e. The first-order valence-electron chi connectivity index (χ1n) is 2.82. The van der Waals surface area contributed by atoms with E-state index < -0.39 is 16.5 Å². The first kappa shape index (κ1) is 10.8. The predicted molar refractivity (Wildman–Crippen MR) is 38.9 cm³/mol. The van der Waals surface area contributed by atoms with Gasteiger partial charge in [-0.1, -0.05) is 0 Å². The molecule has 0 aliphatic rings. The van der Waals surface area contributed by atoms with Crippen molar-refractivity contribution in [2.24, 2.45) is 5.14 Å². The van der Waals surface area contributed by atoms with Crippen LogP contribution < -0.4 is 9.86 Å². The molecule has 0 saturated carbocycles. The molecule has 0 aromatic rings. The van der Waals surface area contributed by atoms with Crippen LogP contribution in [-0.2, 0) is 19.7 Å². The number of nitrogens with one attached hydrogen (secondary N) is 1.